The predicted molar refractivity (Wildman–Crippen MR) is 77.3 cm³/mol. The van der Waals surface area contributed by atoms with Crippen molar-refractivity contribution in [3.63, 3.8) is 0 Å². The van der Waals surface area contributed by atoms with E-state index in [0.717, 1.165) is 16.6 Å². The molecule has 1 unspecified atom stereocenters. The van der Waals surface area contributed by atoms with Gasteiger partial charge in [0.1, 0.15) is 22.5 Å². The highest BCUT2D eigenvalue weighted by Gasteiger charge is 2.27. The van der Waals surface area contributed by atoms with E-state index >= 15 is 0 Å². The fourth-order valence-corrected chi connectivity index (χ4v) is 2.72. The summed E-state index contributed by atoms with van der Waals surface area (Å²) in [5, 5.41) is 4.41. The third kappa shape index (κ3) is 2.84. The maximum Gasteiger partial charge on any atom is 0.136 e. The first-order valence-corrected chi connectivity index (χ1v) is 7.27. The van der Waals surface area contributed by atoms with E-state index in [1.165, 1.54) is 17.7 Å². The first-order chi connectivity index (χ1) is 9.11. The molecule has 5 nitrogen and oxygen atoms in total. The van der Waals surface area contributed by atoms with Gasteiger partial charge in [-0.25, -0.2) is 15.0 Å². The number of anilines is 2. The molecule has 0 spiro atoms. The number of nitrogens with zero attached hydrogens (tertiary/aromatic N) is 3. The minimum absolute atomic E-state index is 0.125. The largest absolute Gasteiger partial charge is 0.384 e. The maximum absolute atomic E-state index is 5.84. The van der Waals surface area contributed by atoms with E-state index in [1.54, 1.807) is 17.4 Å². The number of nitrogens with one attached hydrogen (secondary N) is 1. The Hall–Kier alpha value is -1.69. The Balaban J connectivity index is 1.78. The van der Waals surface area contributed by atoms with Gasteiger partial charge in [-0.2, -0.15) is 0 Å². The van der Waals surface area contributed by atoms with Gasteiger partial charge in [-0.3, -0.25) is 0 Å². The number of thiazole rings is 1. The van der Waals surface area contributed by atoms with Crippen molar-refractivity contribution in [2.24, 2.45) is 0 Å². The van der Waals surface area contributed by atoms with Crippen molar-refractivity contribution in [3.8, 4) is 0 Å². The van der Waals surface area contributed by atoms with Crippen LogP contribution in [0.5, 0.6) is 0 Å². The molecular weight excluding hydrogens is 258 g/mol. The number of nitrogen functional groups attached to an aromatic ring is 1. The van der Waals surface area contributed by atoms with Crippen LogP contribution in [0, 0.1) is 6.92 Å². The molecule has 0 aromatic carbocycles. The molecule has 3 N–H and O–H groups in total. The van der Waals surface area contributed by atoms with Crippen molar-refractivity contribution in [3.05, 3.63) is 28.0 Å². The van der Waals surface area contributed by atoms with Crippen LogP contribution in [0.3, 0.4) is 0 Å². The number of aromatic nitrogens is 3. The summed E-state index contributed by atoms with van der Waals surface area (Å²) in [5.41, 5.74) is 5.84. The molecule has 0 bridgehead atoms. The second-order valence-electron chi connectivity index (χ2n) is 4.99. The molecule has 1 fully saturated rings. The van der Waals surface area contributed by atoms with Gasteiger partial charge in [-0.15, -0.1) is 11.3 Å². The molecule has 2 heterocycles. The van der Waals surface area contributed by atoms with Crippen molar-refractivity contribution in [1.29, 1.82) is 0 Å². The molecule has 2 aromatic rings. The van der Waals surface area contributed by atoms with Gasteiger partial charge >= 0.3 is 0 Å². The summed E-state index contributed by atoms with van der Waals surface area (Å²) in [7, 11) is 0. The van der Waals surface area contributed by atoms with Crippen molar-refractivity contribution in [1.82, 2.24) is 15.0 Å². The van der Waals surface area contributed by atoms with Gasteiger partial charge in [0, 0.05) is 23.1 Å². The Kier molecular flexibility index (Phi) is 3.10. The molecule has 0 radical (unpaired) electrons. The second kappa shape index (κ2) is 4.77. The molecule has 3 rings (SSSR count). The minimum atomic E-state index is 0.125. The smallest absolute Gasteiger partial charge is 0.136 e. The first-order valence-electron chi connectivity index (χ1n) is 6.45. The molecule has 0 aliphatic heterocycles. The lowest BCUT2D eigenvalue weighted by Gasteiger charge is -2.13. The molecular formula is C13H17N5S. The van der Waals surface area contributed by atoms with Gasteiger partial charge in [0.15, 0.2) is 0 Å². The third-order valence-corrected chi connectivity index (χ3v) is 4.18. The average molecular weight is 275 g/mol. The lowest BCUT2D eigenvalue weighted by molar-refractivity contribution is 0.845. The monoisotopic (exact) mass is 275 g/mol. The Morgan fingerprint density at radius 1 is 1.42 bits per heavy atom. The number of hydrogen-bond acceptors (Lipinski definition) is 6. The van der Waals surface area contributed by atoms with E-state index in [1.807, 2.05) is 6.20 Å². The Labute approximate surface area is 116 Å². The summed E-state index contributed by atoms with van der Waals surface area (Å²) in [5.74, 6) is 2.68. The topological polar surface area (TPSA) is 76.7 Å². The highest BCUT2D eigenvalue weighted by molar-refractivity contribution is 7.11. The van der Waals surface area contributed by atoms with Crippen LogP contribution in [-0.2, 0) is 0 Å². The lowest BCUT2D eigenvalue weighted by Crippen LogP contribution is -2.10. The van der Waals surface area contributed by atoms with Crippen molar-refractivity contribution in [2.75, 3.05) is 11.1 Å². The van der Waals surface area contributed by atoms with Gasteiger partial charge < -0.3 is 11.1 Å². The Morgan fingerprint density at radius 3 is 2.84 bits per heavy atom. The normalized spacial score (nSPS) is 16.3. The summed E-state index contributed by atoms with van der Waals surface area (Å²) in [6, 6.07) is 1.91. The van der Waals surface area contributed by atoms with Gasteiger partial charge in [0.2, 0.25) is 0 Å². The summed E-state index contributed by atoms with van der Waals surface area (Å²) < 4.78 is 0. The molecule has 19 heavy (non-hydrogen) atoms. The van der Waals surface area contributed by atoms with Crippen molar-refractivity contribution in [2.45, 2.75) is 38.6 Å². The standard InChI is InChI=1S/C13H17N5S/c1-7-6-15-13(19-7)8(2)16-11-5-10(14)17-12(18-11)9-3-4-9/h5-6,8-9H,3-4H2,1-2H3,(H3,14,16,17,18). The minimum Gasteiger partial charge on any atom is -0.384 e. The zero-order valence-electron chi connectivity index (χ0n) is 11.1. The number of rotatable bonds is 4. The molecule has 1 aliphatic rings. The lowest BCUT2D eigenvalue weighted by atomic mass is 10.3. The fourth-order valence-electron chi connectivity index (χ4n) is 1.94. The van der Waals surface area contributed by atoms with E-state index in [0.29, 0.717) is 11.7 Å². The van der Waals surface area contributed by atoms with E-state index in [4.69, 9.17) is 5.73 Å². The first kappa shape index (κ1) is 12.3. The number of aryl methyl sites for hydroxylation is 1. The molecule has 100 valence electrons. The zero-order valence-corrected chi connectivity index (χ0v) is 11.9. The van der Waals surface area contributed by atoms with E-state index in [9.17, 15) is 0 Å². The van der Waals surface area contributed by atoms with Gasteiger partial charge in [-0.1, -0.05) is 0 Å². The molecule has 1 atom stereocenters. The third-order valence-electron chi connectivity index (χ3n) is 3.08. The van der Waals surface area contributed by atoms with Gasteiger partial charge in [-0.05, 0) is 26.7 Å². The van der Waals surface area contributed by atoms with Crippen LogP contribution in [0.4, 0.5) is 11.6 Å². The van der Waals surface area contributed by atoms with Crippen LogP contribution >= 0.6 is 11.3 Å². The Bertz CT molecular complexity index is 590. The summed E-state index contributed by atoms with van der Waals surface area (Å²) in [6.07, 6.45) is 4.23. The zero-order chi connectivity index (χ0) is 13.4. The number of hydrogen-bond donors (Lipinski definition) is 2. The average Bonchev–Trinajstić information content (AvgIpc) is 3.11. The SMILES string of the molecule is Cc1cnc(C(C)Nc2cc(N)nc(C3CC3)n2)s1. The summed E-state index contributed by atoms with van der Waals surface area (Å²) in [6.45, 7) is 4.13. The second-order valence-corrected chi connectivity index (χ2v) is 6.25. The van der Waals surface area contributed by atoms with Crippen molar-refractivity contribution >= 4 is 23.0 Å². The highest BCUT2D eigenvalue weighted by Crippen LogP contribution is 2.38. The van der Waals surface area contributed by atoms with E-state index in [-0.39, 0.29) is 6.04 Å². The predicted octanol–water partition coefficient (Wildman–Crippen LogP) is 2.87. The van der Waals surface area contributed by atoms with Crippen LogP contribution in [-0.4, -0.2) is 15.0 Å². The molecule has 6 heteroatoms. The molecule has 1 aliphatic carbocycles. The molecule has 2 aromatic heterocycles. The van der Waals surface area contributed by atoms with Crippen molar-refractivity contribution < 1.29 is 0 Å². The highest BCUT2D eigenvalue weighted by atomic mass is 32.1. The van der Waals surface area contributed by atoms with Crippen LogP contribution in [0.2, 0.25) is 0 Å². The molecule has 0 saturated heterocycles. The maximum atomic E-state index is 5.84. The van der Waals surface area contributed by atoms with Crippen LogP contribution < -0.4 is 11.1 Å². The van der Waals surface area contributed by atoms with Gasteiger partial charge in [0.25, 0.3) is 0 Å². The van der Waals surface area contributed by atoms with Gasteiger partial charge in [0.05, 0.1) is 6.04 Å². The fraction of sp³-hybridized carbons (Fsp3) is 0.462. The van der Waals surface area contributed by atoms with Crippen LogP contribution in [0.25, 0.3) is 0 Å². The summed E-state index contributed by atoms with van der Waals surface area (Å²) >= 11 is 1.69. The van der Waals surface area contributed by atoms with Crippen LogP contribution in [0.1, 0.15) is 47.4 Å². The molecule has 1 saturated carbocycles. The molecule has 0 amide bonds. The van der Waals surface area contributed by atoms with E-state index < -0.39 is 0 Å². The van der Waals surface area contributed by atoms with Crippen LogP contribution in [0.15, 0.2) is 12.3 Å². The summed E-state index contributed by atoms with van der Waals surface area (Å²) in [4.78, 5) is 14.4. The Morgan fingerprint density at radius 2 is 2.21 bits per heavy atom. The number of nitrogens with two attached hydrogens (primary N) is 1. The quantitative estimate of drug-likeness (QED) is 0.897. The van der Waals surface area contributed by atoms with E-state index in [2.05, 4.69) is 34.1 Å².